The molecule has 6 heteroatoms. The van der Waals surface area contributed by atoms with Gasteiger partial charge < -0.3 is 19.6 Å². The molecule has 0 saturated carbocycles. The van der Waals surface area contributed by atoms with E-state index in [1.165, 1.54) is 0 Å². The first-order valence-electron chi connectivity index (χ1n) is 8.27. The minimum absolute atomic E-state index is 0.355. The number of para-hydroxylation sites is 1. The first-order valence-corrected chi connectivity index (χ1v) is 8.65. The zero-order chi connectivity index (χ0) is 18.8. The average Bonchev–Trinajstić information content (AvgIpc) is 2.65. The highest BCUT2D eigenvalue weighted by Gasteiger charge is 2.11. The van der Waals surface area contributed by atoms with E-state index in [1.54, 1.807) is 25.5 Å². The van der Waals surface area contributed by atoms with Crippen molar-refractivity contribution >= 4 is 17.8 Å². The predicted octanol–water partition coefficient (Wildman–Crippen LogP) is 4.44. The Balaban J connectivity index is 2.08. The number of hydrogen-bond donors (Lipinski definition) is 1. The maximum Gasteiger partial charge on any atom is 0.180 e. The zero-order valence-corrected chi connectivity index (χ0v) is 15.8. The summed E-state index contributed by atoms with van der Waals surface area (Å²) in [5, 5.41) is 4.71. The highest BCUT2D eigenvalue weighted by molar-refractivity contribution is 6.32. The number of benzene rings is 2. The monoisotopic (exact) mass is 374 g/mol. The van der Waals surface area contributed by atoms with Crippen molar-refractivity contribution in [3.05, 3.63) is 65.2 Å². The Bertz CT molecular complexity index is 763. The van der Waals surface area contributed by atoms with Gasteiger partial charge in [-0.05, 0) is 30.7 Å². The normalized spacial score (nSPS) is 10.6. The van der Waals surface area contributed by atoms with Crippen LogP contribution in [0, 0.1) is 0 Å². The largest absolute Gasteiger partial charge is 0.496 e. The zero-order valence-electron chi connectivity index (χ0n) is 15.0. The topological polar surface area (TPSA) is 52.1 Å². The van der Waals surface area contributed by atoms with Crippen LogP contribution in [0.4, 0.5) is 0 Å². The molecular weight excluding hydrogens is 352 g/mol. The van der Waals surface area contributed by atoms with Gasteiger partial charge in [0.05, 0.1) is 31.5 Å². The summed E-state index contributed by atoms with van der Waals surface area (Å²) < 4.78 is 16.5. The molecule has 2 aromatic rings. The Kier molecular flexibility index (Phi) is 7.83. The van der Waals surface area contributed by atoms with Crippen LogP contribution in [0.15, 0.2) is 54.2 Å². The highest BCUT2D eigenvalue weighted by atomic mass is 35.5. The molecule has 0 aliphatic heterocycles. The van der Waals surface area contributed by atoms with Gasteiger partial charge >= 0.3 is 0 Å². The van der Waals surface area contributed by atoms with Crippen molar-refractivity contribution in [3.8, 4) is 17.2 Å². The van der Waals surface area contributed by atoms with Crippen LogP contribution in [0.1, 0.15) is 18.1 Å². The lowest BCUT2D eigenvalue weighted by Gasteiger charge is -2.13. The molecule has 138 valence electrons. The predicted molar refractivity (Wildman–Crippen MR) is 106 cm³/mol. The average molecular weight is 375 g/mol. The summed E-state index contributed by atoms with van der Waals surface area (Å²) in [4.78, 5) is 0. The number of hydrazone groups is 1. The minimum atomic E-state index is 0.355. The highest BCUT2D eigenvalue weighted by Crippen LogP contribution is 2.36. The van der Waals surface area contributed by atoms with Gasteiger partial charge in [-0.1, -0.05) is 42.5 Å². The molecule has 0 fully saturated rings. The summed E-state index contributed by atoms with van der Waals surface area (Å²) in [7, 11) is 1.65. The molecule has 0 spiro atoms. The smallest absolute Gasteiger partial charge is 0.180 e. The van der Waals surface area contributed by atoms with Crippen molar-refractivity contribution in [2.75, 3.05) is 20.3 Å². The van der Waals surface area contributed by atoms with Gasteiger partial charge in [0.2, 0.25) is 0 Å². The molecule has 0 atom stereocenters. The first kappa shape index (κ1) is 19.7. The lowest BCUT2D eigenvalue weighted by atomic mass is 10.2. The fourth-order valence-electron chi connectivity index (χ4n) is 2.31. The van der Waals surface area contributed by atoms with Crippen molar-refractivity contribution in [3.63, 3.8) is 0 Å². The number of rotatable bonds is 10. The van der Waals surface area contributed by atoms with Crippen LogP contribution in [0.2, 0.25) is 5.02 Å². The molecule has 0 radical (unpaired) electrons. The van der Waals surface area contributed by atoms with Gasteiger partial charge in [0, 0.05) is 5.56 Å². The van der Waals surface area contributed by atoms with E-state index in [-0.39, 0.29) is 0 Å². The second-order valence-corrected chi connectivity index (χ2v) is 5.67. The summed E-state index contributed by atoms with van der Waals surface area (Å²) in [5.41, 5.74) is 4.83. The standard InChI is InChI=1S/C20H23ClN2O3/c1-4-10-26-20-17(21)11-15(12-19(20)25-5-2)13-22-23-14-16-8-6-7-9-18(16)24-3/h4,6-9,11-13,23H,1,5,10,14H2,2-3H3/b22-13-. The molecule has 0 amide bonds. The molecule has 0 heterocycles. The first-order chi connectivity index (χ1) is 12.7. The van der Waals surface area contributed by atoms with Crippen LogP contribution in [0.25, 0.3) is 0 Å². The summed E-state index contributed by atoms with van der Waals surface area (Å²) in [5.74, 6) is 1.90. The second-order valence-electron chi connectivity index (χ2n) is 5.27. The third kappa shape index (κ3) is 5.43. The van der Waals surface area contributed by atoms with Gasteiger partial charge in [-0.15, -0.1) is 0 Å². The molecule has 26 heavy (non-hydrogen) atoms. The van der Waals surface area contributed by atoms with E-state index < -0.39 is 0 Å². The van der Waals surface area contributed by atoms with Crippen molar-refractivity contribution < 1.29 is 14.2 Å². The van der Waals surface area contributed by atoms with E-state index >= 15 is 0 Å². The maximum atomic E-state index is 6.32. The lowest BCUT2D eigenvalue weighted by molar-refractivity contribution is 0.297. The second kappa shape index (κ2) is 10.4. The van der Waals surface area contributed by atoms with Gasteiger partial charge in [-0.25, -0.2) is 0 Å². The molecule has 0 unspecified atom stereocenters. The van der Waals surface area contributed by atoms with Crippen LogP contribution in [-0.4, -0.2) is 26.5 Å². The molecular formula is C20H23ClN2O3. The Morgan fingerprint density at radius 2 is 2.00 bits per heavy atom. The number of methoxy groups -OCH3 is 1. The van der Waals surface area contributed by atoms with E-state index in [2.05, 4.69) is 17.1 Å². The molecule has 0 bridgehead atoms. The molecule has 0 saturated heterocycles. The third-order valence-electron chi connectivity index (χ3n) is 3.44. The van der Waals surface area contributed by atoms with E-state index in [9.17, 15) is 0 Å². The van der Waals surface area contributed by atoms with Gasteiger partial charge in [0.15, 0.2) is 11.5 Å². The number of nitrogens with one attached hydrogen (secondary N) is 1. The number of ether oxygens (including phenoxy) is 3. The number of hydrogen-bond acceptors (Lipinski definition) is 5. The van der Waals surface area contributed by atoms with E-state index in [0.29, 0.717) is 36.3 Å². The van der Waals surface area contributed by atoms with Crippen LogP contribution in [0.3, 0.4) is 0 Å². The molecule has 5 nitrogen and oxygen atoms in total. The molecule has 2 rings (SSSR count). The molecule has 0 aliphatic carbocycles. The Labute approximate surface area is 159 Å². The third-order valence-corrected chi connectivity index (χ3v) is 3.72. The summed E-state index contributed by atoms with van der Waals surface area (Å²) >= 11 is 6.32. The molecule has 0 aromatic heterocycles. The Morgan fingerprint density at radius 3 is 2.73 bits per heavy atom. The van der Waals surface area contributed by atoms with Crippen LogP contribution in [-0.2, 0) is 6.54 Å². The van der Waals surface area contributed by atoms with Crippen LogP contribution in [0.5, 0.6) is 17.2 Å². The maximum absolute atomic E-state index is 6.32. The van der Waals surface area contributed by atoms with Gasteiger partial charge in [0.25, 0.3) is 0 Å². The summed E-state index contributed by atoms with van der Waals surface area (Å²) in [6.45, 7) is 6.95. The van der Waals surface area contributed by atoms with Crippen molar-refractivity contribution in [1.82, 2.24) is 5.43 Å². The van der Waals surface area contributed by atoms with Gasteiger partial charge in [-0.3, -0.25) is 0 Å². The van der Waals surface area contributed by atoms with Crippen molar-refractivity contribution in [2.24, 2.45) is 5.10 Å². The fourth-order valence-corrected chi connectivity index (χ4v) is 2.58. The van der Waals surface area contributed by atoms with Crippen LogP contribution < -0.4 is 19.6 Å². The van der Waals surface area contributed by atoms with E-state index in [0.717, 1.165) is 16.9 Å². The summed E-state index contributed by atoms with van der Waals surface area (Å²) in [6, 6.07) is 11.4. The molecule has 1 N–H and O–H groups in total. The van der Waals surface area contributed by atoms with E-state index in [4.69, 9.17) is 25.8 Å². The SMILES string of the molecule is C=CCOc1c(Cl)cc(/C=N\NCc2ccccc2OC)cc1OCC. The molecule has 2 aromatic carbocycles. The minimum Gasteiger partial charge on any atom is -0.496 e. The van der Waals surface area contributed by atoms with Crippen molar-refractivity contribution in [2.45, 2.75) is 13.5 Å². The van der Waals surface area contributed by atoms with Crippen LogP contribution >= 0.6 is 11.6 Å². The van der Waals surface area contributed by atoms with E-state index in [1.807, 2.05) is 37.3 Å². The van der Waals surface area contributed by atoms with Gasteiger partial charge in [0.1, 0.15) is 12.4 Å². The summed E-state index contributed by atoms with van der Waals surface area (Å²) in [6.07, 6.45) is 3.34. The molecule has 0 aliphatic rings. The Morgan fingerprint density at radius 1 is 1.19 bits per heavy atom. The number of halogens is 1. The van der Waals surface area contributed by atoms with Crippen molar-refractivity contribution in [1.29, 1.82) is 0 Å². The fraction of sp³-hybridized carbons (Fsp3) is 0.250. The lowest BCUT2D eigenvalue weighted by Crippen LogP contribution is -2.07. The number of nitrogens with zero attached hydrogens (tertiary/aromatic N) is 1. The Hall–Kier alpha value is -2.66. The quantitative estimate of drug-likeness (QED) is 0.379. The van der Waals surface area contributed by atoms with Gasteiger partial charge in [-0.2, -0.15) is 5.10 Å².